The molecule has 1 aliphatic carbocycles. The maximum atomic E-state index is 13.4. The first-order chi connectivity index (χ1) is 18.4. The Kier molecular flexibility index (Phi) is 9.67. The maximum absolute atomic E-state index is 13.4. The lowest BCUT2D eigenvalue weighted by Gasteiger charge is -2.44. The molecular weight excluding hydrogens is 494 g/mol. The molecule has 0 saturated heterocycles. The minimum atomic E-state index is -0.861. The van der Waals surface area contributed by atoms with Crippen LogP contribution in [0.3, 0.4) is 0 Å². The van der Waals surface area contributed by atoms with Crippen molar-refractivity contribution in [1.82, 2.24) is 9.80 Å². The van der Waals surface area contributed by atoms with Crippen LogP contribution >= 0.6 is 11.6 Å². The molecule has 2 aromatic carbocycles. The largest absolute Gasteiger partial charge is 0.467 e. The van der Waals surface area contributed by atoms with Gasteiger partial charge in [0.2, 0.25) is 0 Å². The van der Waals surface area contributed by atoms with Crippen LogP contribution in [-0.2, 0) is 9.53 Å². The topological polar surface area (TPSA) is 45.1 Å². The van der Waals surface area contributed by atoms with Crippen LogP contribution < -0.4 is 0 Å². The van der Waals surface area contributed by atoms with Gasteiger partial charge in [-0.15, -0.1) is 0 Å². The minimum absolute atomic E-state index is 0.0456. The smallest absolute Gasteiger partial charge is 0.336 e. The van der Waals surface area contributed by atoms with Gasteiger partial charge in [0, 0.05) is 17.3 Å². The Morgan fingerprint density at radius 3 is 2.42 bits per heavy atom. The Bertz CT molecular complexity index is 1090. The molecule has 2 aromatic rings. The number of methoxy groups -OCH3 is 1. The Hall–Kier alpha value is -2.63. The summed E-state index contributed by atoms with van der Waals surface area (Å²) in [5.41, 5.74) is 1.58. The number of esters is 1. The molecule has 0 N–H and O–H groups in total. The van der Waals surface area contributed by atoms with Gasteiger partial charge < -0.3 is 14.5 Å². The van der Waals surface area contributed by atoms with E-state index in [0.717, 1.165) is 49.1 Å². The fourth-order valence-corrected chi connectivity index (χ4v) is 6.73. The summed E-state index contributed by atoms with van der Waals surface area (Å²) in [6, 6.07) is 18.9. The van der Waals surface area contributed by atoms with Gasteiger partial charge in [-0.25, -0.2) is 4.79 Å². The molecule has 3 atom stereocenters. The van der Waals surface area contributed by atoms with Crippen molar-refractivity contribution in [2.75, 3.05) is 21.2 Å². The number of rotatable bonds is 10. The fraction of sp³-hybridized carbons (Fsp3) is 0.500. The molecule has 5 nitrogen and oxygen atoms in total. The number of benzene rings is 2. The summed E-state index contributed by atoms with van der Waals surface area (Å²) >= 11 is 6.18. The normalized spacial score (nSPS) is 26.3. The molecule has 4 rings (SSSR count). The number of aliphatic imine (C=N–C) groups is 1. The second-order valence-electron chi connectivity index (χ2n) is 11.0. The number of ether oxygens (including phenoxy) is 1. The van der Waals surface area contributed by atoms with E-state index >= 15 is 0 Å². The van der Waals surface area contributed by atoms with Gasteiger partial charge in [-0.1, -0.05) is 73.8 Å². The number of hydrogen-bond donors (Lipinski definition) is 0. The zero-order valence-electron chi connectivity index (χ0n) is 23.2. The van der Waals surface area contributed by atoms with Gasteiger partial charge in [0.1, 0.15) is 0 Å². The van der Waals surface area contributed by atoms with E-state index < -0.39 is 5.54 Å². The van der Waals surface area contributed by atoms with E-state index in [9.17, 15) is 4.79 Å². The molecule has 1 aliphatic heterocycles. The Balaban J connectivity index is 1.58. The van der Waals surface area contributed by atoms with Crippen LogP contribution in [0.2, 0.25) is 5.02 Å². The van der Waals surface area contributed by atoms with Gasteiger partial charge >= 0.3 is 5.97 Å². The van der Waals surface area contributed by atoms with Crippen molar-refractivity contribution in [3.63, 3.8) is 0 Å². The van der Waals surface area contributed by atoms with Crippen molar-refractivity contribution in [1.29, 1.82) is 0 Å². The van der Waals surface area contributed by atoms with E-state index in [-0.39, 0.29) is 12.0 Å². The molecule has 0 aromatic heterocycles. The van der Waals surface area contributed by atoms with Crippen LogP contribution in [0.25, 0.3) is 6.08 Å². The van der Waals surface area contributed by atoms with E-state index in [0.29, 0.717) is 24.3 Å². The number of carbonyl (C=O) groups is 1. The molecule has 38 heavy (non-hydrogen) atoms. The van der Waals surface area contributed by atoms with E-state index in [2.05, 4.69) is 67.4 Å². The number of halogens is 1. The lowest BCUT2D eigenvalue weighted by molar-refractivity contribution is -0.149. The van der Waals surface area contributed by atoms with Crippen LogP contribution in [0.1, 0.15) is 69.0 Å². The highest BCUT2D eigenvalue weighted by molar-refractivity contribution is 6.30. The zero-order chi connectivity index (χ0) is 27.1. The number of unbranched alkanes of at least 4 members (excludes halogenated alkanes) is 1. The Labute approximate surface area is 233 Å². The summed E-state index contributed by atoms with van der Waals surface area (Å²) in [4.78, 5) is 22.8. The van der Waals surface area contributed by atoms with Crippen LogP contribution in [0.5, 0.6) is 0 Å². The van der Waals surface area contributed by atoms with Gasteiger partial charge in [0.05, 0.1) is 19.5 Å². The minimum Gasteiger partial charge on any atom is -0.467 e. The second kappa shape index (κ2) is 12.9. The molecule has 1 heterocycles. The second-order valence-corrected chi connectivity index (χ2v) is 11.5. The third-order valence-electron chi connectivity index (χ3n) is 8.40. The third-order valence-corrected chi connectivity index (χ3v) is 8.65. The van der Waals surface area contributed by atoms with Crippen molar-refractivity contribution in [3.8, 4) is 0 Å². The van der Waals surface area contributed by atoms with E-state index in [1.165, 1.54) is 12.7 Å². The van der Waals surface area contributed by atoms with Gasteiger partial charge in [-0.05, 0) is 87.4 Å². The molecule has 3 unspecified atom stereocenters. The fourth-order valence-electron chi connectivity index (χ4n) is 6.60. The highest BCUT2D eigenvalue weighted by Crippen LogP contribution is 2.46. The number of hydrogen-bond acceptors (Lipinski definition) is 5. The van der Waals surface area contributed by atoms with Crippen molar-refractivity contribution < 1.29 is 9.53 Å². The molecule has 0 bridgehead atoms. The Morgan fingerprint density at radius 2 is 1.82 bits per heavy atom. The summed E-state index contributed by atoms with van der Waals surface area (Å²) in [6.07, 6.45) is 13.1. The first-order valence-corrected chi connectivity index (χ1v) is 14.3. The monoisotopic (exact) mass is 535 g/mol. The maximum Gasteiger partial charge on any atom is 0.336 e. The standard InChI is InChI=1S/C32H42ClN3O2/c1-5-6-21-32(31(37)38-4)30(36(23-34-32)22-20-24-10-8-7-9-11-24)27-14-12-25(13-15-27)29(35(2)3)26-16-18-28(33)19-17-26/h7-11,16-20,22-23,25,27,29-30H,5-6,12-15,21H2,1-4H3. The lowest BCUT2D eigenvalue weighted by atomic mass is 9.69. The van der Waals surface area contributed by atoms with Crippen molar-refractivity contribution >= 4 is 30.0 Å². The lowest BCUT2D eigenvalue weighted by Crippen LogP contribution is -2.55. The molecule has 6 heteroatoms. The molecule has 1 fully saturated rings. The van der Waals surface area contributed by atoms with Gasteiger partial charge in [-0.2, -0.15) is 0 Å². The van der Waals surface area contributed by atoms with E-state index in [1.54, 1.807) is 0 Å². The van der Waals surface area contributed by atoms with Crippen LogP contribution in [0.15, 0.2) is 65.8 Å². The van der Waals surface area contributed by atoms with E-state index in [4.69, 9.17) is 21.3 Å². The van der Waals surface area contributed by atoms with Crippen molar-refractivity contribution in [2.24, 2.45) is 16.8 Å². The van der Waals surface area contributed by atoms with Crippen molar-refractivity contribution in [2.45, 2.75) is 69.5 Å². The van der Waals surface area contributed by atoms with Crippen LogP contribution in [0, 0.1) is 11.8 Å². The van der Waals surface area contributed by atoms with E-state index in [1.807, 2.05) is 36.7 Å². The average molecular weight is 536 g/mol. The first kappa shape index (κ1) is 28.4. The quantitative estimate of drug-likeness (QED) is 0.301. The molecule has 204 valence electrons. The SMILES string of the molecule is CCCCC1(C(=O)OC)N=CN(C=Cc2ccccc2)C1C1CCC(C(c2ccc(Cl)cc2)N(C)C)CC1. The molecular formula is C32H42ClN3O2. The molecule has 2 aliphatic rings. The summed E-state index contributed by atoms with van der Waals surface area (Å²) < 4.78 is 5.40. The van der Waals surface area contributed by atoms with Crippen LogP contribution in [-0.4, -0.2) is 54.9 Å². The summed E-state index contributed by atoms with van der Waals surface area (Å²) in [5, 5.41) is 0.770. The average Bonchev–Trinajstić information content (AvgIpc) is 3.31. The predicted octanol–water partition coefficient (Wildman–Crippen LogP) is 7.23. The summed E-state index contributed by atoms with van der Waals surface area (Å²) in [6.45, 7) is 2.16. The molecule has 0 radical (unpaired) electrons. The Morgan fingerprint density at radius 1 is 1.13 bits per heavy atom. The predicted molar refractivity (Wildman–Crippen MR) is 157 cm³/mol. The number of carbonyl (C=O) groups excluding carboxylic acids is 1. The molecule has 0 amide bonds. The molecule has 1 saturated carbocycles. The summed E-state index contributed by atoms with van der Waals surface area (Å²) in [7, 11) is 5.83. The van der Waals surface area contributed by atoms with Gasteiger partial charge in [0.15, 0.2) is 5.54 Å². The first-order valence-electron chi connectivity index (χ1n) is 14.0. The number of nitrogens with zero attached hydrogens (tertiary/aromatic N) is 3. The highest BCUT2D eigenvalue weighted by atomic mass is 35.5. The molecule has 0 spiro atoms. The third kappa shape index (κ3) is 6.16. The van der Waals surface area contributed by atoms with Crippen LogP contribution in [0.4, 0.5) is 0 Å². The van der Waals surface area contributed by atoms with Gasteiger partial charge in [0.25, 0.3) is 0 Å². The zero-order valence-corrected chi connectivity index (χ0v) is 24.0. The summed E-state index contributed by atoms with van der Waals surface area (Å²) in [5.74, 6) is 0.677. The highest BCUT2D eigenvalue weighted by Gasteiger charge is 2.54. The van der Waals surface area contributed by atoms with Crippen molar-refractivity contribution in [3.05, 3.63) is 76.9 Å². The van der Waals surface area contributed by atoms with Gasteiger partial charge in [-0.3, -0.25) is 4.99 Å².